The van der Waals surface area contributed by atoms with Gasteiger partial charge < -0.3 is 10.6 Å². The lowest BCUT2D eigenvalue weighted by atomic mass is 10.1. The molecule has 2 rings (SSSR count). The molecule has 1 fully saturated rings. The molecule has 1 aromatic carbocycles. The van der Waals surface area contributed by atoms with E-state index in [1.165, 1.54) is 0 Å². The van der Waals surface area contributed by atoms with Crippen molar-refractivity contribution in [2.75, 3.05) is 6.54 Å². The van der Waals surface area contributed by atoms with E-state index in [2.05, 4.69) is 0 Å². The summed E-state index contributed by atoms with van der Waals surface area (Å²) < 4.78 is 0. The van der Waals surface area contributed by atoms with E-state index in [0.29, 0.717) is 22.1 Å². The normalized spacial score (nSPS) is 15.3. The third-order valence-electron chi connectivity index (χ3n) is 3.77. The Morgan fingerprint density at radius 1 is 1.45 bits per heavy atom. The summed E-state index contributed by atoms with van der Waals surface area (Å²) in [5.74, 6) is -0.0709. The number of amides is 1. The smallest absolute Gasteiger partial charge is 0.256 e. The van der Waals surface area contributed by atoms with Crippen LogP contribution in [0.1, 0.15) is 41.6 Å². The Kier molecular flexibility index (Phi) is 5.00. The van der Waals surface area contributed by atoms with E-state index in [4.69, 9.17) is 29.6 Å². The Morgan fingerprint density at radius 2 is 2.10 bits per heavy atom. The Balaban J connectivity index is 2.29. The first-order chi connectivity index (χ1) is 9.50. The van der Waals surface area contributed by atoms with Crippen molar-refractivity contribution in [1.29, 1.82) is 0 Å². The maximum atomic E-state index is 12.8. The molecular weight excluding hydrogens is 292 g/mol. The van der Waals surface area contributed by atoms with Gasteiger partial charge in [-0.1, -0.05) is 48.8 Å². The van der Waals surface area contributed by atoms with Crippen LogP contribution in [0.15, 0.2) is 18.2 Å². The minimum atomic E-state index is -0.0709. The summed E-state index contributed by atoms with van der Waals surface area (Å²) in [7, 11) is 0. The summed E-state index contributed by atoms with van der Waals surface area (Å²) >= 11 is 11.2. The first kappa shape index (κ1) is 15.3. The molecule has 1 saturated carbocycles. The predicted molar refractivity (Wildman–Crippen MR) is 86.3 cm³/mol. The van der Waals surface area contributed by atoms with Gasteiger partial charge in [-0.2, -0.15) is 0 Å². The van der Waals surface area contributed by atoms with Crippen molar-refractivity contribution < 1.29 is 4.79 Å². The van der Waals surface area contributed by atoms with Crippen LogP contribution in [0.25, 0.3) is 0 Å². The van der Waals surface area contributed by atoms with Gasteiger partial charge in [0.05, 0.1) is 22.1 Å². The molecule has 1 aromatic rings. The monoisotopic (exact) mass is 310 g/mol. The summed E-state index contributed by atoms with van der Waals surface area (Å²) in [6.07, 6.45) is 4.32. The zero-order chi connectivity index (χ0) is 14.7. The van der Waals surface area contributed by atoms with Crippen LogP contribution in [0.2, 0.25) is 5.02 Å². The molecule has 108 valence electrons. The molecule has 0 unspecified atom stereocenters. The van der Waals surface area contributed by atoms with Gasteiger partial charge in [0.25, 0.3) is 5.91 Å². The molecule has 5 heteroatoms. The number of benzene rings is 1. The van der Waals surface area contributed by atoms with Crippen LogP contribution in [-0.4, -0.2) is 28.4 Å². The largest absolute Gasteiger partial charge is 0.392 e. The number of hydrogen-bond donors (Lipinski definition) is 1. The van der Waals surface area contributed by atoms with Crippen LogP contribution < -0.4 is 5.73 Å². The molecule has 0 spiro atoms. The zero-order valence-corrected chi connectivity index (χ0v) is 13.1. The van der Waals surface area contributed by atoms with Crippen molar-refractivity contribution in [1.82, 2.24) is 4.90 Å². The van der Waals surface area contributed by atoms with Crippen molar-refractivity contribution in [3.63, 3.8) is 0 Å². The van der Waals surface area contributed by atoms with Crippen molar-refractivity contribution in [2.45, 2.75) is 38.6 Å². The molecule has 0 bridgehead atoms. The van der Waals surface area contributed by atoms with Crippen LogP contribution in [0.5, 0.6) is 0 Å². The number of nitrogens with two attached hydrogens (primary N) is 1. The first-order valence-corrected chi connectivity index (χ1v) is 7.63. The highest BCUT2D eigenvalue weighted by molar-refractivity contribution is 7.80. The lowest BCUT2D eigenvalue weighted by molar-refractivity contribution is 0.0715. The van der Waals surface area contributed by atoms with E-state index in [0.717, 1.165) is 31.2 Å². The number of carbonyl (C=O) groups is 1. The van der Waals surface area contributed by atoms with Gasteiger partial charge in [0.1, 0.15) is 0 Å². The molecule has 1 aliphatic rings. The van der Waals surface area contributed by atoms with Crippen LogP contribution in [0, 0.1) is 6.92 Å². The fourth-order valence-corrected chi connectivity index (χ4v) is 3.06. The lowest BCUT2D eigenvalue weighted by Gasteiger charge is -2.29. The summed E-state index contributed by atoms with van der Waals surface area (Å²) in [5.41, 5.74) is 7.09. The molecule has 0 heterocycles. The number of halogens is 1. The van der Waals surface area contributed by atoms with Gasteiger partial charge in [0, 0.05) is 6.04 Å². The van der Waals surface area contributed by atoms with Crippen molar-refractivity contribution in [2.24, 2.45) is 5.73 Å². The Hall–Kier alpha value is -1.13. The average molecular weight is 311 g/mol. The zero-order valence-electron chi connectivity index (χ0n) is 11.6. The molecule has 20 heavy (non-hydrogen) atoms. The predicted octanol–water partition coefficient (Wildman–Crippen LogP) is 3.32. The van der Waals surface area contributed by atoms with Crippen LogP contribution in [0.3, 0.4) is 0 Å². The fraction of sp³-hybridized carbons (Fsp3) is 0.467. The Bertz CT molecular complexity index is 527. The number of thiocarbonyl (C=S) groups is 1. The number of nitrogens with zero attached hydrogens (tertiary/aromatic N) is 1. The van der Waals surface area contributed by atoms with E-state index < -0.39 is 0 Å². The lowest BCUT2D eigenvalue weighted by Crippen LogP contribution is -2.43. The highest BCUT2D eigenvalue weighted by Gasteiger charge is 2.29. The average Bonchev–Trinajstić information content (AvgIpc) is 2.92. The minimum absolute atomic E-state index is 0.0709. The molecule has 3 nitrogen and oxygen atoms in total. The fourth-order valence-electron chi connectivity index (χ4n) is 2.72. The summed E-state index contributed by atoms with van der Waals surface area (Å²) in [4.78, 5) is 14.9. The summed E-state index contributed by atoms with van der Waals surface area (Å²) in [6.45, 7) is 2.22. The third-order valence-corrected chi connectivity index (χ3v) is 4.41. The van der Waals surface area contributed by atoms with E-state index in [-0.39, 0.29) is 11.9 Å². The van der Waals surface area contributed by atoms with Gasteiger partial charge in [-0.15, -0.1) is 0 Å². The number of hydrogen-bond acceptors (Lipinski definition) is 2. The van der Waals surface area contributed by atoms with Gasteiger partial charge in [0.15, 0.2) is 0 Å². The number of rotatable bonds is 4. The second-order valence-electron chi connectivity index (χ2n) is 5.27. The maximum Gasteiger partial charge on any atom is 0.256 e. The van der Waals surface area contributed by atoms with Crippen molar-refractivity contribution in [3.05, 3.63) is 34.3 Å². The van der Waals surface area contributed by atoms with Crippen LogP contribution in [-0.2, 0) is 0 Å². The first-order valence-electron chi connectivity index (χ1n) is 6.85. The molecule has 0 aromatic heterocycles. The Labute approximate surface area is 130 Å². The number of aryl methyl sites for hydroxylation is 1. The second-order valence-corrected chi connectivity index (χ2v) is 6.18. The van der Waals surface area contributed by atoms with Gasteiger partial charge in [-0.25, -0.2) is 0 Å². The van der Waals surface area contributed by atoms with Gasteiger partial charge in [-0.3, -0.25) is 4.79 Å². The standard InChI is InChI=1S/C15H19ClN2OS/c1-10-5-4-8-12(14(10)16)15(19)18(9-13(17)20)11-6-2-3-7-11/h4-5,8,11H,2-3,6-7,9H2,1H3,(H2,17,20). The van der Waals surface area contributed by atoms with Crippen LogP contribution >= 0.6 is 23.8 Å². The minimum Gasteiger partial charge on any atom is -0.392 e. The molecule has 0 atom stereocenters. The van der Waals surface area contributed by atoms with E-state index in [1.54, 1.807) is 11.0 Å². The molecule has 0 radical (unpaired) electrons. The third kappa shape index (κ3) is 3.30. The molecule has 1 aliphatic carbocycles. The summed E-state index contributed by atoms with van der Waals surface area (Å²) in [5, 5.41) is 0.517. The SMILES string of the molecule is Cc1cccc(C(=O)N(CC(N)=S)C2CCCC2)c1Cl. The van der Waals surface area contributed by atoms with Gasteiger partial charge >= 0.3 is 0 Å². The molecule has 1 amide bonds. The van der Waals surface area contributed by atoms with Gasteiger partial charge in [0.2, 0.25) is 0 Å². The van der Waals surface area contributed by atoms with Gasteiger partial charge in [-0.05, 0) is 31.4 Å². The maximum absolute atomic E-state index is 12.8. The number of carbonyl (C=O) groups excluding carboxylic acids is 1. The highest BCUT2D eigenvalue weighted by Crippen LogP contribution is 2.27. The molecular formula is C15H19ClN2OS. The van der Waals surface area contributed by atoms with Crippen molar-refractivity contribution in [3.8, 4) is 0 Å². The summed E-state index contributed by atoms with van der Waals surface area (Å²) in [6, 6.07) is 5.73. The quantitative estimate of drug-likeness (QED) is 0.868. The van der Waals surface area contributed by atoms with Crippen LogP contribution in [0.4, 0.5) is 0 Å². The van der Waals surface area contributed by atoms with E-state index >= 15 is 0 Å². The Morgan fingerprint density at radius 3 is 2.70 bits per heavy atom. The van der Waals surface area contributed by atoms with E-state index in [9.17, 15) is 4.79 Å². The topological polar surface area (TPSA) is 46.3 Å². The second kappa shape index (κ2) is 6.55. The van der Waals surface area contributed by atoms with Crippen molar-refractivity contribution >= 4 is 34.7 Å². The molecule has 0 saturated heterocycles. The molecule has 2 N–H and O–H groups in total. The molecule has 0 aliphatic heterocycles. The van der Waals surface area contributed by atoms with E-state index in [1.807, 2.05) is 19.1 Å². The highest BCUT2D eigenvalue weighted by atomic mass is 35.5.